The molecule has 1 aromatic carbocycles. The molecule has 0 aliphatic heterocycles. The van der Waals surface area contributed by atoms with Crippen LogP contribution in [-0.4, -0.2) is 6.54 Å². The Morgan fingerprint density at radius 2 is 2.11 bits per heavy atom. The number of hydrogen-bond acceptors (Lipinski definition) is 1. The highest BCUT2D eigenvalue weighted by molar-refractivity contribution is 6.42. The molecule has 0 heterocycles. The summed E-state index contributed by atoms with van der Waals surface area (Å²) >= 11 is 12.6. The molecule has 106 valence electrons. The van der Waals surface area contributed by atoms with Gasteiger partial charge in [0.05, 0.1) is 10.0 Å². The number of nitrogens with one attached hydrogen (secondary N) is 1. The molecule has 1 aromatic rings. The molecule has 0 radical (unpaired) electrons. The van der Waals surface area contributed by atoms with Crippen molar-refractivity contribution in [1.82, 2.24) is 5.32 Å². The lowest BCUT2D eigenvalue weighted by Gasteiger charge is -2.26. The second-order valence-electron chi connectivity index (χ2n) is 5.75. The van der Waals surface area contributed by atoms with Crippen LogP contribution in [0.25, 0.3) is 0 Å². The summed E-state index contributed by atoms with van der Waals surface area (Å²) in [7, 11) is 0. The van der Waals surface area contributed by atoms with Crippen molar-refractivity contribution in [2.24, 2.45) is 11.8 Å². The van der Waals surface area contributed by atoms with Gasteiger partial charge in [0.1, 0.15) is 0 Å². The van der Waals surface area contributed by atoms with Crippen LogP contribution in [0.3, 0.4) is 0 Å². The molecule has 1 N–H and O–H groups in total. The number of benzene rings is 1. The van der Waals surface area contributed by atoms with Gasteiger partial charge in [0.15, 0.2) is 0 Å². The van der Waals surface area contributed by atoms with Gasteiger partial charge in [0.2, 0.25) is 0 Å². The Kier molecular flexibility index (Phi) is 5.56. The molecule has 1 saturated carbocycles. The van der Waals surface area contributed by atoms with Crippen molar-refractivity contribution < 1.29 is 0 Å². The third kappa shape index (κ3) is 3.65. The van der Waals surface area contributed by atoms with Gasteiger partial charge in [-0.15, -0.1) is 0 Å². The monoisotopic (exact) mass is 299 g/mol. The molecule has 0 aromatic heterocycles. The largest absolute Gasteiger partial charge is 0.310 e. The van der Waals surface area contributed by atoms with Gasteiger partial charge < -0.3 is 5.32 Å². The van der Waals surface area contributed by atoms with Crippen molar-refractivity contribution in [3.63, 3.8) is 0 Å². The lowest BCUT2D eigenvalue weighted by molar-refractivity contribution is 0.359. The molecule has 1 fully saturated rings. The highest BCUT2D eigenvalue weighted by Crippen LogP contribution is 2.42. The van der Waals surface area contributed by atoms with E-state index in [0.29, 0.717) is 17.0 Å². The molecule has 2 rings (SSSR count). The number of rotatable bonds is 5. The van der Waals surface area contributed by atoms with Crippen LogP contribution in [0.1, 0.15) is 51.1 Å². The molecule has 0 saturated heterocycles. The molecule has 0 bridgehead atoms. The maximum Gasteiger partial charge on any atom is 0.0640 e. The van der Waals surface area contributed by atoms with E-state index in [2.05, 4.69) is 25.2 Å². The molecular weight excluding hydrogens is 277 g/mol. The van der Waals surface area contributed by atoms with Gasteiger partial charge in [-0.05, 0) is 49.3 Å². The first-order valence-corrected chi connectivity index (χ1v) is 8.06. The lowest BCUT2D eigenvalue weighted by Crippen LogP contribution is -2.28. The summed E-state index contributed by atoms with van der Waals surface area (Å²) in [5.41, 5.74) is 1.17. The van der Waals surface area contributed by atoms with Crippen molar-refractivity contribution in [2.45, 2.75) is 45.6 Å². The molecule has 3 heteroatoms. The summed E-state index contributed by atoms with van der Waals surface area (Å²) in [5.74, 6) is 1.51. The zero-order valence-corrected chi connectivity index (χ0v) is 13.3. The first-order valence-electron chi connectivity index (χ1n) is 7.30. The van der Waals surface area contributed by atoms with Crippen LogP contribution in [0, 0.1) is 11.8 Å². The third-order valence-corrected chi connectivity index (χ3v) is 4.97. The fourth-order valence-corrected chi connectivity index (χ4v) is 3.57. The fraction of sp³-hybridized carbons (Fsp3) is 0.625. The molecule has 1 aliphatic carbocycles. The van der Waals surface area contributed by atoms with Gasteiger partial charge in [0, 0.05) is 6.04 Å². The van der Waals surface area contributed by atoms with Gasteiger partial charge >= 0.3 is 0 Å². The van der Waals surface area contributed by atoms with E-state index in [0.717, 1.165) is 23.9 Å². The van der Waals surface area contributed by atoms with E-state index in [-0.39, 0.29) is 0 Å². The molecule has 19 heavy (non-hydrogen) atoms. The first-order chi connectivity index (χ1) is 9.13. The molecule has 0 amide bonds. The Hall–Kier alpha value is -0.240. The lowest BCUT2D eigenvalue weighted by atomic mass is 9.90. The zero-order chi connectivity index (χ0) is 13.8. The standard InChI is InChI=1S/C16H23Cl2N/c1-3-9-19-16(12-8-7-11(2)10-12)13-5-4-6-14(17)15(13)18/h4-6,11-12,16,19H,3,7-10H2,1-2H3. The molecule has 0 spiro atoms. The van der Waals surface area contributed by atoms with E-state index >= 15 is 0 Å². The van der Waals surface area contributed by atoms with Crippen molar-refractivity contribution >= 4 is 23.2 Å². The normalized spacial score (nSPS) is 24.6. The second kappa shape index (κ2) is 6.97. The number of hydrogen-bond donors (Lipinski definition) is 1. The van der Waals surface area contributed by atoms with E-state index in [1.54, 1.807) is 0 Å². The minimum atomic E-state index is 0.344. The van der Waals surface area contributed by atoms with E-state index in [9.17, 15) is 0 Å². The highest BCUT2D eigenvalue weighted by Gasteiger charge is 2.30. The van der Waals surface area contributed by atoms with E-state index < -0.39 is 0 Å². The van der Waals surface area contributed by atoms with Gasteiger partial charge in [-0.25, -0.2) is 0 Å². The predicted octanol–water partition coefficient (Wildman–Crippen LogP) is 5.47. The van der Waals surface area contributed by atoms with Crippen molar-refractivity contribution in [3.8, 4) is 0 Å². The summed E-state index contributed by atoms with van der Waals surface area (Å²) in [6, 6.07) is 6.32. The Bertz CT molecular complexity index is 419. The van der Waals surface area contributed by atoms with Gasteiger partial charge in [0.25, 0.3) is 0 Å². The van der Waals surface area contributed by atoms with Gasteiger partial charge in [-0.3, -0.25) is 0 Å². The number of halogens is 2. The summed E-state index contributed by atoms with van der Waals surface area (Å²) < 4.78 is 0. The molecule has 3 unspecified atom stereocenters. The fourth-order valence-electron chi connectivity index (χ4n) is 3.14. The maximum atomic E-state index is 6.41. The maximum absolute atomic E-state index is 6.41. The molecular formula is C16H23Cl2N. The third-order valence-electron chi connectivity index (χ3n) is 4.14. The summed E-state index contributed by atoms with van der Waals surface area (Å²) in [6.45, 7) is 5.57. The summed E-state index contributed by atoms with van der Waals surface area (Å²) in [4.78, 5) is 0. The summed E-state index contributed by atoms with van der Waals surface area (Å²) in [5, 5.41) is 5.05. The van der Waals surface area contributed by atoms with Crippen molar-refractivity contribution in [1.29, 1.82) is 0 Å². The average molecular weight is 300 g/mol. The zero-order valence-electron chi connectivity index (χ0n) is 11.8. The van der Waals surface area contributed by atoms with Crippen LogP contribution in [0.15, 0.2) is 18.2 Å². The highest BCUT2D eigenvalue weighted by atomic mass is 35.5. The SMILES string of the molecule is CCCNC(c1cccc(Cl)c1Cl)C1CCC(C)C1. The Morgan fingerprint density at radius 1 is 1.32 bits per heavy atom. The minimum Gasteiger partial charge on any atom is -0.310 e. The van der Waals surface area contributed by atoms with Crippen molar-refractivity contribution in [2.75, 3.05) is 6.54 Å². The van der Waals surface area contributed by atoms with Crippen LogP contribution in [0.5, 0.6) is 0 Å². The van der Waals surface area contributed by atoms with Gasteiger partial charge in [-0.1, -0.05) is 55.6 Å². The Labute approximate surface area is 126 Å². The smallest absolute Gasteiger partial charge is 0.0640 e. The van der Waals surface area contributed by atoms with Crippen LogP contribution in [0.2, 0.25) is 10.0 Å². The summed E-state index contributed by atoms with van der Waals surface area (Å²) in [6.07, 6.45) is 5.03. The van der Waals surface area contributed by atoms with Crippen LogP contribution >= 0.6 is 23.2 Å². The minimum absolute atomic E-state index is 0.344. The molecule has 3 atom stereocenters. The first kappa shape index (κ1) is 15.2. The van der Waals surface area contributed by atoms with Crippen LogP contribution < -0.4 is 5.32 Å². The van der Waals surface area contributed by atoms with E-state index in [1.807, 2.05) is 12.1 Å². The van der Waals surface area contributed by atoms with Crippen LogP contribution in [-0.2, 0) is 0 Å². The van der Waals surface area contributed by atoms with E-state index in [1.165, 1.54) is 24.8 Å². The van der Waals surface area contributed by atoms with E-state index in [4.69, 9.17) is 23.2 Å². The van der Waals surface area contributed by atoms with Crippen LogP contribution in [0.4, 0.5) is 0 Å². The Morgan fingerprint density at radius 3 is 2.74 bits per heavy atom. The topological polar surface area (TPSA) is 12.0 Å². The quantitative estimate of drug-likeness (QED) is 0.760. The molecule has 1 nitrogen and oxygen atoms in total. The van der Waals surface area contributed by atoms with Crippen molar-refractivity contribution in [3.05, 3.63) is 33.8 Å². The second-order valence-corrected chi connectivity index (χ2v) is 6.54. The molecule has 1 aliphatic rings. The predicted molar refractivity (Wildman–Crippen MR) is 84.0 cm³/mol. The van der Waals surface area contributed by atoms with Gasteiger partial charge in [-0.2, -0.15) is 0 Å². The average Bonchev–Trinajstić information content (AvgIpc) is 2.81. The Balaban J connectivity index is 2.23.